The molecule has 0 aromatic carbocycles. The van der Waals surface area contributed by atoms with Crippen LogP contribution in [0.1, 0.15) is 55.4 Å². The van der Waals surface area contributed by atoms with Crippen molar-refractivity contribution in [1.29, 1.82) is 0 Å². The lowest BCUT2D eigenvalue weighted by Crippen LogP contribution is -1.95. The summed E-state index contributed by atoms with van der Waals surface area (Å²) in [4.78, 5) is 4.48. The zero-order valence-corrected chi connectivity index (χ0v) is 12.7. The normalized spacial score (nSPS) is 14.3. The smallest absolute Gasteiger partial charge is 0.0446 e. The third-order valence-electron chi connectivity index (χ3n) is 2.94. The van der Waals surface area contributed by atoms with E-state index in [0.717, 1.165) is 5.71 Å². The molecule has 0 aromatic rings. The number of hydrogen-bond acceptors (Lipinski definition) is 1. The Morgan fingerprint density at radius 2 is 1.35 bits per heavy atom. The number of nitrogens with zero attached hydrogens (tertiary/aromatic N) is 1. The summed E-state index contributed by atoms with van der Waals surface area (Å²) in [6.07, 6.45) is 4.25. The van der Waals surface area contributed by atoms with Crippen molar-refractivity contribution in [3.63, 3.8) is 0 Å². The Morgan fingerprint density at radius 3 is 1.76 bits per heavy atom. The molecule has 0 rings (SSSR count). The zero-order chi connectivity index (χ0) is 13.6. The van der Waals surface area contributed by atoms with Crippen LogP contribution >= 0.6 is 0 Å². The van der Waals surface area contributed by atoms with Crippen LogP contribution < -0.4 is 0 Å². The Kier molecular flexibility index (Phi) is 6.79. The maximum Gasteiger partial charge on any atom is 0.0446 e. The SMILES string of the molecule is CC(C)=C(C)\C(C)=C(C)/C=C\C(C)=N\C(C)C. The molecule has 0 aliphatic heterocycles. The maximum atomic E-state index is 4.48. The molecule has 1 heteroatoms. The van der Waals surface area contributed by atoms with Crippen LogP contribution in [0.15, 0.2) is 39.4 Å². The van der Waals surface area contributed by atoms with Crippen LogP contribution in [-0.4, -0.2) is 11.8 Å². The van der Waals surface area contributed by atoms with Crippen molar-refractivity contribution in [2.24, 2.45) is 4.99 Å². The first-order valence-corrected chi connectivity index (χ1v) is 6.30. The number of aliphatic imine (C=N–C) groups is 1. The molecule has 0 unspecified atom stereocenters. The fourth-order valence-electron chi connectivity index (χ4n) is 1.49. The summed E-state index contributed by atoms with van der Waals surface area (Å²) in [6.45, 7) is 17.1. The summed E-state index contributed by atoms with van der Waals surface area (Å²) in [6, 6.07) is 0.365. The molecule has 0 fully saturated rings. The van der Waals surface area contributed by atoms with Crippen molar-refractivity contribution in [3.05, 3.63) is 34.4 Å². The average Bonchev–Trinajstić information content (AvgIpc) is 2.22. The van der Waals surface area contributed by atoms with Gasteiger partial charge in [-0.2, -0.15) is 0 Å². The Labute approximate surface area is 107 Å². The first-order valence-electron chi connectivity index (χ1n) is 6.30. The van der Waals surface area contributed by atoms with Crippen LogP contribution in [-0.2, 0) is 0 Å². The topological polar surface area (TPSA) is 12.4 Å². The summed E-state index contributed by atoms with van der Waals surface area (Å²) < 4.78 is 0. The molecule has 0 aliphatic carbocycles. The van der Waals surface area contributed by atoms with Gasteiger partial charge in [-0.25, -0.2) is 0 Å². The van der Waals surface area contributed by atoms with Crippen molar-refractivity contribution in [3.8, 4) is 0 Å². The Balaban J connectivity index is 4.98. The second kappa shape index (κ2) is 7.26. The van der Waals surface area contributed by atoms with E-state index in [-0.39, 0.29) is 0 Å². The molecule has 0 saturated heterocycles. The predicted octanol–water partition coefficient (Wildman–Crippen LogP) is 5.10. The van der Waals surface area contributed by atoms with Crippen molar-refractivity contribution in [2.45, 2.75) is 61.4 Å². The highest BCUT2D eigenvalue weighted by Gasteiger charge is 1.98. The summed E-state index contributed by atoms with van der Waals surface area (Å²) in [5.41, 5.74) is 6.51. The first kappa shape index (κ1) is 15.9. The van der Waals surface area contributed by atoms with Crippen LogP contribution in [0, 0.1) is 0 Å². The lowest BCUT2D eigenvalue weighted by molar-refractivity contribution is 0.836. The monoisotopic (exact) mass is 233 g/mol. The third-order valence-corrected chi connectivity index (χ3v) is 2.94. The van der Waals surface area contributed by atoms with Crippen LogP contribution in [0.2, 0.25) is 0 Å². The fourth-order valence-corrected chi connectivity index (χ4v) is 1.49. The van der Waals surface area contributed by atoms with Gasteiger partial charge in [0.2, 0.25) is 0 Å². The zero-order valence-electron chi connectivity index (χ0n) is 12.7. The van der Waals surface area contributed by atoms with Crippen molar-refractivity contribution in [2.75, 3.05) is 0 Å². The van der Waals surface area contributed by atoms with Crippen LogP contribution in [0.4, 0.5) is 0 Å². The van der Waals surface area contributed by atoms with E-state index in [4.69, 9.17) is 0 Å². The summed E-state index contributed by atoms with van der Waals surface area (Å²) in [5, 5.41) is 0. The molecule has 0 atom stereocenters. The standard InChI is InChI=1S/C16H27N/c1-11(2)15(7)16(8)13(5)9-10-14(6)17-12(3)4/h9-10,12H,1-8H3/b10-9-,16-13-,17-14+. The van der Waals surface area contributed by atoms with Gasteiger partial charge in [0.15, 0.2) is 0 Å². The van der Waals surface area contributed by atoms with E-state index in [1.807, 2.05) is 6.92 Å². The van der Waals surface area contributed by atoms with Gasteiger partial charge < -0.3 is 0 Å². The molecule has 0 N–H and O–H groups in total. The van der Waals surface area contributed by atoms with Gasteiger partial charge in [-0.15, -0.1) is 0 Å². The molecule has 1 nitrogen and oxygen atoms in total. The number of allylic oxidation sites excluding steroid dienone is 6. The van der Waals surface area contributed by atoms with Crippen molar-refractivity contribution in [1.82, 2.24) is 0 Å². The number of hydrogen-bond donors (Lipinski definition) is 0. The summed E-state index contributed by atoms with van der Waals surface area (Å²) in [5.74, 6) is 0. The maximum absolute atomic E-state index is 4.48. The minimum Gasteiger partial charge on any atom is -0.287 e. The highest BCUT2D eigenvalue weighted by Crippen LogP contribution is 2.18. The van der Waals surface area contributed by atoms with E-state index in [1.165, 1.54) is 22.3 Å². The minimum absolute atomic E-state index is 0.365. The average molecular weight is 233 g/mol. The van der Waals surface area contributed by atoms with E-state index >= 15 is 0 Å². The molecule has 0 spiro atoms. The minimum atomic E-state index is 0.365. The van der Waals surface area contributed by atoms with Gasteiger partial charge in [-0.3, -0.25) is 4.99 Å². The van der Waals surface area contributed by atoms with Crippen molar-refractivity contribution >= 4 is 5.71 Å². The molecule has 0 aliphatic rings. The molecule has 0 radical (unpaired) electrons. The van der Waals surface area contributed by atoms with Gasteiger partial charge >= 0.3 is 0 Å². The first-order chi connectivity index (χ1) is 7.75. The van der Waals surface area contributed by atoms with Crippen molar-refractivity contribution < 1.29 is 0 Å². The van der Waals surface area contributed by atoms with E-state index in [9.17, 15) is 0 Å². The van der Waals surface area contributed by atoms with E-state index < -0.39 is 0 Å². The Bertz CT molecular complexity index is 372. The molecule has 0 bridgehead atoms. The lowest BCUT2D eigenvalue weighted by atomic mass is 10.00. The van der Waals surface area contributed by atoms with E-state index in [1.54, 1.807) is 0 Å². The van der Waals surface area contributed by atoms with Crippen LogP contribution in [0.25, 0.3) is 0 Å². The van der Waals surface area contributed by atoms with Gasteiger partial charge in [0.1, 0.15) is 0 Å². The lowest BCUT2D eigenvalue weighted by Gasteiger charge is -2.07. The predicted molar refractivity (Wildman–Crippen MR) is 79.8 cm³/mol. The molecule has 0 aromatic heterocycles. The Morgan fingerprint density at radius 1 is 0.824 bits per heavy atom. The third kappa shape index (κ3) is 6.25. The molecular formula is C16H27N. The van der Waals surface area contributed by atoms with Crippen LogP contribution in [0.5, 0.6) is 0 Å². The highest BCUT2D eigenvalue weighted by atomic mass is 14.8. The quantitative estimate of drug-likeness (QED) is 0.473. The second-order valence-corrected chi connectivity index (χ2v) is 5.13. The van der Waals surface area contributed by atoms with Gasteiger partial charge in [0.25, 0.3) is 0 Å². The van der Waals surface area contributed by atoms with Crippen LogP contribution in [0.3, 0.4) is 0 Å². The summed E-state index contributed by atoms with van der Waals surface area (Å²) in [7, 11) is 0. The van der Waals surface area contributed by atoms with Gasteiger partial charge in [-0.05, 0) is 78.2 Å². The van der Waals surface area contributed by atoms with Gasteiger partial charge in [-0.1, -0.05) is 11.6 Å². The molecule has 0 heterocycles. The fraction of sp³-hybridized carbons (Fsp3) is 0.562. The Hall–Kier alpha value is -1.11. The van der Waals surface area contributed by atoms with Gasteiger partial charge in [0, 0.05) is 11.8 Å². The molecule has 96 valence electrons. The number of rotatable bonds is 4. The van der Waals surface area contributed by atoms with E-state index in [2.05, 4.69) is 65.6 Å². The molecule has 17 heavy (non-hydrogen) atoms. The van der Waals surface area contributed by atoms with E-state index in [0.29, 0.717) is 6.04 Å². The van der Waals surface area contributed by atoms with Gasteiger partial charge in [0.05, 0.1) is 0 Å². The second-order valence-electron chi connectivity index (χ2n) is 5.13. The largest absolute Gasteiger partial charge is 0.287 e. The molecule has 0 amide bonds. The molecular weight excluding hydrogens is 206 g/mol. The summed E-state index contributed by atoms with van der Waals surface area (Å²) >= 11 is 0. The highest BCUT2D eigenvalue weighted by molar-refractivity contribution is 5.93. The molecule has 0 saturated carbocycles.